The molecule has 6 heteroatoms. The monoisotopic (exact) mass is 360 g/mol. The Balaban J connectivity index is 2.18. The molecule has 1 unspecified atom stereocenters. The fourth-order valence-corrected chi connectivity index (χ4v) is 3.65. The molecule has 0 heterocycles. The molecule has 0 saturated heterocycles. The first-order valence-electron chi connectivity index (χ1n) is 8.15. The molecule has 0 aliphatic rings. The smallest absolute Gasteiger partial charge is 0.242 e. The summed E-state index contributed by atoms with van der Waals surface area (Å²) < 4.78 is 27.7. The van der Waals surface area contributed by atoms with Crippen LogP contribution in [0.4, 0.5) is 5.69 Å². The minimum absolute atomic E-state index is 0.145. The minimum atomic E-state index is -3.78. The number of rotatable bonds is 6. The highest BCUT2D eigenvalue weighted by Gasteiger charge is 2.28. The molecule has 2 N–H and O–H groups in total. The lowest BCUT2D eigenvalue weighted by Gasteiger charge is -2.21. The summed E-state index contributed by atoms with van der Waals surface area (Å²) in [4.78, 5) is 12.7. The summed E-state index contributed by atoms with van der Waals surface area (Å²) >= 11 is 0. The molecule has 0 bridgehead atoms. The lowest BCUT2D eigenvalue weighted by atomic mass is 10.0. The second-order valence-electron chi connectivity index (χ2n) is 6.51. The van der Waals surface area contributed by atoms with Crippen LogP contribution >= 0.6 is 0 Å². The summed E-state index contributed by atoms with van der Waals surface area (Å²) in [6.07, 6.45) is 0. The average molecular weight is 360 g/mol. The molecule has 2 rings (SSSR count). The molecule has 0 aliphatic heterocycles. The van der Waals surface area contributed by atoms with Gasteiger partial charge in [-0.2, -0.15) is 4.72 Å². The van der Waals surface area contributed by atoms with E-state index in [-0.39, 0.29) is 16.7 Å². The molecule has 2 aromatic carbocycles. The van der Waals surface area contributed by atoms with Crippen LogP contribution in [0, 0.1) is 19.8 Å². The molecule has 0 aliphatic carbocycles. The van der Waals surface area contributed by atoms with Crippen LogP contribution in [0.3, 0.4) is 0 Å². The Morgan fingerprint density at radius 3 is 1.84 bits per heavy atom. The SMILES string of the molecule is Cc1ccc(NC(=O)C(NS(=O)(=O)c2ccc(C)cc2)C(C)C)cc1. The van der Waals surface area contributed by atoms with Gasteiger partial charge in [0.25, 0.3) is 0 Å². The Morgan fingerprint density at radius 2 is 1.36 bits per heavy atom. The van der Waals surface area contributed by atoms with Crippen molar-refractivity contribution in [2.75, 3.05) is 5.32 Å². The molecular weight excluding hydrogens is 336 g/mol. The first kappa shape index (κ1) is 19.1. The van der Waals surface area contributed by atoms with Gasteiger partial charge in [-0.05, 0) is 44.0 Å². The van der Waals surface area contributed by atoms with E-state index < -0.39 is 16.1 Å². The fraction of sp³-hybridized carbons (Fsp3) is 0.316. The topological polar surface area (TPSA) is 75.3 Å². The number of sulfonamides is 1. The molecule has 1 amide bonds. The molecule has 0 saturated carbocycles. The van der Waals surface area contributed by atoms with E-state index in [4.69, 9.17) is 0 Å². The van der Waals surface area contributed by atoms with E-state index in [2.05, 4.69) is 10.0 Å². The molecule has 0 fully saturated rings. The van der Waals surface area contributed by atoms with Crippen LogP contribution < -0.4 is 10.0 Å². The van der Waals surface area contributed by atoms with Crippen molar-refractivity contribution < 1.29 is 13.2 Å². The number of aryl methyl sites for hydroxylation is 2. The number of carbonyl (C=O) groups excluding carboxylic acids is 1. The van der Waals surface area contributed by atoms with Crippen molar-refractivity contribution in [3.8, 4) is 0 Å². The maximum absolute atomic E-state index is 12.6. The Bertz CT molecular complexity index is 826. The van der Waals surface area contributed by atoms with Gasteiger partial charge < -0.3 is 5.32 Å². The summed E-state index contributed by atoms with van der Waals surface area (Å²) in [7, 11) is -3.78. The highest BCUT2D eigenvalue weighted by molar-refractivity contribution is 7.89. The van der Waals surface area contributed by atoms with Crippen molar-refractivity contribution in [3.63, 3.8) is 0 Å². The molecule has 1 atom stereocenters. The summed E-state index contributed by atoms with van der Waals surface area (Å²) in [5, 5.41) is 2.77. The molecule has 5 nitrogen and oxygen atoms in total. The second-order valence-corrected chi connectivity index (χ2v) is 8.23. The molecule has 25 heavy (non-hydrogen) atoms. The number of anilines is 1. The van der Waals surface area contributed by atoms with Crippen molar-refractivity contribution in [1.29, 1.82) is 0 Å². The fourth-order valence-electron chi connectivity index (χ4n) is 2.30. The van der Waals surface area contributed by atoms with Crippen LogP contribution in [0.1, 0.15) is 25.0 Å². The largest absolute Gasteiger partial charge is 0.325 e. The van der Waals surface area contributed by atoms with Crippen LogP contribution in [-0.4, -0.2) is 20.4 Å². The van der Waals surface area contributed by atoms with Crippen molar-refractivity contribution in [2.24, 2.45) is 5.92 Å². The van der Waals surface area contributed by atoms with Crippen molar-refractivity contribution >= 4 is 21.6 Å². The Morgan fingerprint density at radius 1 is 0.880 bits per heavy atom. The van der Waals surface area contributed by atoms with Gasteiger partial charge in [-0.25, -0.2) is 8.42 Å². The molecule has 2 aromatic rings. The zero-order valence-electron chi connectivity index (χ0n) is 14.9. The van der Waals surface area contributed by atoms with Gasteiger partial charge in [0.15, 0.2) is 0 Å². The Hall–Kier alpha value is -2.18. The van der Waals surface area contributed by atoms with Gasteiger partial charge in [-0.1, -0.05) is 49.2 Å². The van der Waals surface area contributed by atoms with Gasteiger partial charge in [0.05, 0.1) is 4.90 Å². The van der Waals surface area contributed by atoms with Crippen molar-refractivity contribution in [1.82, 2.24) is 4.72 Å². The van der Waals surface area contributed by atoms with Crippen LogP contribution in [0.5, 0.6) is 0 Å². The molecule has 0 spiro atoms. The van der Waals surface area contributed by atoms with Crippen molar-refractivity contribution in [2.45, 2.75) is 38.6 Å². The van der Waals surface area contributed by atoms with E-state index in [0.29, 0.717) is 5.69 Å². The first-order chi connectivity index (χ1) is 11.7. The van der Waals surface area contributed by atoms with Crippen LogP contribution in [0.25, 0.3) is 0 Å². The van der Waals surface area contributed by atoms with Crippen LogP contribution in [0.15, 0.2) is 53.4 Å². The Kier molecular flexibility index (Phi) is 5.98. The minimum Gasteiger partial charge on any atom is -0.325 e. The normalized spacial score (nSPS) is 12.8. The quantitative estimate of drug-likeness (QED) is 0.830. The standard InChI is InChI=1S/C19H24N2O3S/c1-13(2)18(19(22)20-16-9-5-14(3)6-10-16)21-25(23,24)17-11-7-15(4)8-12-17/h5-13,18,21H,1-4H3,(H,20,22). The predicted octanol–water partition coefficient (Wildman–Crippen LogP) is 3.25. The summed E-state index contributed by atoms with van der Waals surface area (Å²) in [5.74, 6) is -0.583. The van der Waals surface area contributed by atoms with Gasteiger partial charge in [0.2, 0.25) is 15.9 Å². The number of benzene rings is 2. The first-order valence-corrected chi connectivity index (χ1v) is 9.64. The maximum atomic E-state index is 12.6. The average Bonchev–Trinajstić information content (AvgIpc) is 2.55. The third-order valence-electron chi connectivity index (χ3n) is 3.88. The second kappa shape index (κ2) is 7.80. The van der Waals surface area contributed by atoms with Crippen molar-refractivity contribution in [3.05, 3.63) is 59.7 Å². The van der Waals surface area contributed by atoms with Gasteiger partial charge in [0.1, 0.15) is 6.04 Å². The van der Waals surface area contributed by atoms with E-state index in [1.807, 2.05) is 26.0 Å². The highest BCUT2D eigenvalue weighted by Crippen LogP contribution is 2.15. The number of carbonyl (C=O) groups is 1. The summed E-state index contributed by atoms with van der Waals surface area (Å²) in [5.41, 5.74) is 2.69. The van der Waals surface area contributed by atoms with Gasteiger partial charge in [-0.15, -0.1) is 0 Å². The van der Waals surface area contributed by atoms with Gasteiger partial charge >= 0.3 is 0 Å². The number of amides is 1. The number of hydrogen-bond donors (Lipinski definition) is 2. The van der Waals surface area contributed by atoms with E-state index >= 15 is 0 Å². The molecule has 0 radical (unpaired) electrons. The third-order valence-corrected chi connectivity index (χ3v) is 5.34. The summed E-state index contributed by atoms with van der Waals surface area (Å²) in [6.45, 7) is 7.45. The lowest BCUT2D eigenvalue weighted by Crippen LogP contribution is -2.47. The van der Waals surface area contributed by atoms with Gasteiger partial charge in [0, 0.05) is 5.69 Å². The number of nitrogens with one attached hydrogen (secondary N) is 2. The third kappa shape index (κ3) is 5.14. The number of hydrogen-bond acceptors (Lipinski definition) is 3. The maximum Gasteiger partial charge on any atom is 0.242 e. The van der Waals surface area contributed by atoms with Crippen LogP contribution in [0.2, 0.25) is 0 Å². The predicted molar refractivity (Wildman–Crippen MR) is 99.9 cm³/mol. The highest BCUT2D eigenvalue weighted by atomic mass is 32.2. The molecular formula is C19H24N2O3S. The van der Waals surface area contributed by atoms with E-state index in [0.717, 1.165) is 11.1 Å². The molecule has 0 aromatic heterocycles. The molecule has 134 valence electrons. The van der Waals surface area contributed by atoms with Crippen LogP contribution in [-0.2, 0) is 14.8 Å². The van der Waals surface area contributed by atoms with Gasteiger partial charge in [-0.3, -0.25) is 4.79 Å². The Labute approximate surface area is 149 Å². The zero-order chi connectivity index (χ0) is 18.6. The van der Waals surface area contributed by atoms with E-state index in [1.165, 1.54) is 12.1 Å². The lowest BCUT2D eigenvalue weighted by molar-refractivity contribution is -0.118. The zero-order valence-corrected chi connectivity index (χ0v) is 15.7. The van der Waals surface area contributed by atoms with E-state index in [9.17, 15) is 13.2 Å². The summed E-state index contributed by atoms with van der Waals surface area (Å²) in [6, 6.07) is 13.0. The van der Waals surface area contributed by atoms with E-state index in [1.54, 1.807) is 38.1 Å².